The number of rotatable bonds is 3. The molecule has 94 valence electrons. The van der Waals surface area contributed by atoms with Crippen LogP contribution in [-0.4, -0.2) is 5.11 Å². The van der Waals surface area contributed by atoms with E-state index in [1.54, 1.807) is 0 Å². The van der Waals surface area contributed by atoms with Crippen molar-refractivity contribution in [1.29, 1.82) is 0 Å². The number of aryl methyl sites for hydroxylation is 1. The molecule has 0 spiro atoms. The molecule has 17 heavy (non-hydrogen) atoms. The SMILES string of the molecule is Cc1ccccc1C(O)CC1CCCCCC1. The number of hydrogen-bond acceptors (Lipinski definition) is 1. The van der Waals surface area contributed by atoms with Crippen LogP contribution in [0.15, 0.2) is 24.3 Å². The summed E-state index contributed by atoms with van der Waals surface area (Å²) in [6.45, 7) is 2.09. The van der Waals surface area contributed by atoms with Gasteiger partial charge in [0.1, 0.15) is 0 Å². The van der Waals surface area contributed by atoms with Gasteiger partial charge >= 0.3 is 0 Å². The Morgan fingerprint density at radius 3 is 2.41 bits per heavy atom. The summed E-state index contributed by atoms with van der Waals surface area (Å²) in [6, 6.07) is 8.22. The van der Waals surface area contributed by atoms with Crippen molar-refractivity contribution < 1.29 is 5.11 Å². The largest absolute Gasteiger partial charge is 0.388 e. The molecule has 0 radical (unpaired) electrons. The van der Waals surface area contributed by atoms with Crippen LogP contribution in [0.4, 0.5) is 0 Å². The standard InChI is InChI=1S/C16H24O/c1-13-8-6-7-11-15(13)16(17)12-14-9-4-2-3-5-10-14/h6-8,11,14,16-17H,2-5,9-10,12H2,1H3. The summed E-state index contributed by atoms with van der Waals surface area (Å²) >= 11 is 0. The van der Waals surface area contributed by atoms with E-state index < -0.39 is 0 Å². The monoisotopic (exact) mass is 232 g/mol. The van der Waals surface area contributed by atoms with Gasteiger partial charge in [-0.3, -0.25) is 0 Å². The maximum Gasteiger partial charge on any atom is 0.0795 e. The van der Waals surface area contributed by atoms with Crippen molar-refractivity contribution in [3.8, 4) is 0 Å². The van der Waals surface area contributed by atoms with E-state index in [0.29, 0.717) is 0 Å². The summed E-state index contributed by atoms with van der Waals surface area (Å²) in [5.41, 5.74) is 2.34. The Hall–Kier alpha value is -0.820. The highest BCUT2D eigenvalue weighted by Gasteiger charge is 2.18. The van der Waals surface area contributed by atoms with E-state index in [2.05, 4.69) is 19.1 Å². The fourth-order valence-electron chi connectivity index (χ4n) is 3.00. The van der Waals surface area contributed by atoms with Gasteiger partial charge in [-0.15, -0.1) is 0 Å². The zero-order valence-electron chi connectivity index (χ0n) is 10.9. The molecule has 1 heteroatoms. The Kier molecular flexibility index (Phi) is 4.61. The second-order valence-corrected chi connectivity index (χ2v) is 5.47. The zero-order valence-corrected chi connectivity index (χ0v) is 10.9. The molecular weight excluding hydrogens is 208 g/mol. The Morgan fingerprint density at radius 2 is 1.76 bits per heavy atom. The summed E-state index contributed by atoms with van der Waals surface area (Å²) in [5.74, 6) is 0.729. The third-order valence-corrected chi connectivity index (χ3v) is 4.08. The Balaban J connectivity index is 1.96. The molecule has 1 aromatic rings. The summed E-state index contributed by atoms with van der Waals surface area (Å²) in [7, 11) is 0. The predicted molar refractivity (Wildman–Crippen MR) is 71.9 cm³/mol. The van der Waals surface area contributed by atoms with Crippen molar-refractivity contribution in [2.45, 2.75) is 58.0 Å². The molecule has 1 nitrogen and oxygen atoms in total. The average Bonchev–Trinajstić information content (AvgIpc) is 2.58. The van der Waals surface area contributed by atoms with Crippen molar-refractivity contribution in [2.24, 2.45) is 5.92 Å². The molecule has 1 N–H and O–H groups in total. The summed E-state index contributed by atoms with van der Waals surface area (Å²) in [4.78, 5) is 0. The van der Waals surface area contributed by atoms with Crippen LogP contribution in [0.3, 0.4) is 0 Å². The minimum Gasteiger partial charge on any atom is -0.388 e. The highest BCUT2D eigenvalue weighted by Crippen LogP contribution is 2.31. The molecule has 0 saturated heterocycles. The molecule has 0 amide bonds. The minimum atomic E-state index is -0.265. The lowest BCUT2D eigenvalue weighted by molar-refractivity contribution is 0.138. The molecule has 0 heterocycles. The Labute approximate surface area is 105 Å². The normalized spacial score (nSPS) is 19.9. The van der Waals surface area contributed by atoms with E-state index in [-0.39, 0.29) is 6.10 Å². The molecule has 0 aliphatic heterocycles. The van der Waals surface area contributed by atoms with E-state index >= 15 is 0 Å². The van der Waals surface area contributed by atoms with Crippen molar-refractivity contribution in [3.05, 3.63) is 35.4 Å². The van der Waals surface area contributed by atoms with E-state index in [1.165, 1.54) is 44.1 Å². The van der Waals surface area contributed by atoms with Gasteiger partial charge in [-0.1, -0.05) is 62.8 Å². The number of benzene rings is 1. The molecular formula is C16H24O. The van der Waals surface area contributed by atoms with Crippen molar-refractivity contribution in [1.82, 2.24) is 0 Å². The second-order valence-electron chi connectivity index (χ2n) is 5.47. The van der Waals surface area contributed by atoms with E-state index in [1.807, 2.05) is 12.1 Å². The molecule has 1 atom stereocenters. The Bertz CT molecular complexity index is 337. The molecule has 1 saturated carbocycles. The molecule has 0 aromatic heterocycles. The van der Waals surface area contributed by atoms with Gasteiger partial charge in [0, 0.05) is 0 Å². The van der Waals surface area contributed by atoms with E-state index in [4.69, 9.17) is 0 Å². The van der Waals surface area contributed by atoms with Crippen LogP contribution >= 0.6 is 0 Å². The van der Waals surface area contributed by atoms with Gasteiger partial charge in [0.05, 0.1) is 6.10 Å². The zero-order chi connectivity index (χ0) is 12.1. The van der Waals surface area contributed by atoms with Gasteiger partial charge in [0.25, 0.3) is 0 Å². The molecule has 1 aliphatic carbocycles. The topological polar surface area (TPSA) is 20.2 Å². The lowest BCUT2D eigenvalue weighted by atomic mass is 9.90. The van der Waals surface area contributed by atoms with Gasteiger partial charge < -0.3 is 5.11 Å². The molecule has 1 fully saturated rings. The first-order valence-corrected chi connectivity index (χ1v) is 7.01. The van der Waals surface area contributed by atoms with Crippen LogP contribution in [0, 0.1) is 12.8 Å². The fraction of sp³-hybridized carbons (Fsp3) is 0.625. The molecule has 1 aromatic carbocycles. The van der Waals surface area contributed by atoms with Crippen LogP contribution in [0.25, 0.3) is 0 Å². The minimum absolute atomic E-state index is 0.265. The van der Waals surface area contributed by atoms with Crippen molar-refractivity contribution in [3.63, 3.8) is 0 Å². The maximum atomic E-state index is 10.3. The lowest BCUT2D eigenvalue weighted by Crippen LogP contribution is -2.08. The Morgan fingerprint density at radius 1 is 1.12 bits per heavy atom. The van der Waals surface area contributed by atoms with Crippen LogP contribution in [-0.2, 0) is 0 Å². The first-order valence-electron chi connectivity index (χ1n) is 7.01. The van der Waals surface area contributed by atoms with Gasteiger partial charge in [-0.05, 0) is 30.4 Å². The van der Waals surface area contributed by atoms with Crippen LogP contribution < -0.4 is 0 Å². The van der Waals surface area contributed by atoms with Gasteiger partial charge in [-0.2, -0.15) is 0 Å². The quantitative estimate of drug-likeness (QED) is 0.766. The lowest BCUT2D eigenvalue weighted by Gasteiger charge is -2.20. The van der Waals surface area contributed by atoms with Gasteiger partial charge in [0.15, 0.2) is 0 Å². The average molecular weight is 232 g/mol. The number of hydrogen-bond donors (Lipinski definition) is 1. The van der Waals surface area contributed by atoms with Crippen molar-refractivity contribution >= 4 is 0 Å². The first-order chi connectivity index (χ1) is 8.27. The molecule has 1 aliphatic rings. The molecule has 0 bridgehead atoms. The first kappa shape index (κ1) is 12.6. The summed E-state index contributed by atoms with van der Waals surface area (Å²) in [6.07, 6.45) is 8.78. The highest BCUT2D eigenvalue weighted by atomic mass is 16.3. The predicted octanol–water partition coefficient (Wildman–Crippen LogP) is 4.39. The highest BCUT2D eigenvalue weighted by molar-refractivity contribution is 5.27. The smallest absolute Gasteiger partial charge is 0.0795 e. The molecule has 2 rings (SSSR count). The third-order valence-electron chi connectivity index (χ3n) is 4.08. The van der Waals surface area contributed by atoms with Crippen molar-refractivity contribution in [2.75, 3.05) is 0 Å². The maximum absolute atomic E-state index is 10.3. The number of aliphatic hydroxyl groups is 1. The second kappa shape index (κ2) is 6.20. The van der Waals surface area contributed by atoms with E-state index in [0.717, 1.165) is 17.9 Å². The van der Waals surface area contributed by atoms with Gasteiger partial charge in [-0.25, -0.2) is 0 Å². The summed E-state index contributed by atoms with van der Waals surface area (Å²) < 4.78 is 0. The van der Waals surface area contributed by atoms with E-state index in [9.17, 15) is 5.11 Å². The van der Waals surface area contributed by atoms with Crippen LogP contribution in [0.5, 0.6) is 0 Å². The molecule has 1 unspecified atom stereocenters. The third kappa shape index (κ3) is 3.57. The van der Waals surface area contributed by atoms with Crippen LogP contribution in [0.2, 0.25) is 0 Å². The fourth-order valence-corrected chi connectivity index (χ4v) is 3.00. The van der Waals surface area contributed by atoms with Crippen LogP contribution in [0.1, 0.15) is 62.2 Å². The number of aliphatic hydroxyl groups excluding tert-OH is 1. The van der Waals surface area contributed by atoms with Gasteiger partial charge in [0.2, 0.25) is 0 Å². The summed E-state index contributed by atoms with van der Waals surface area (Å²) in [5, 5.41) is 10.3.